The zero-order chi connectivity index (χ0) is 20.2. The number of anilines is 1. The van der Waals surface area contributed by atoms with Crippen LogP contribution in [-0.4, -0.2) is 23.3 Å². The predicted molar refractivity (Wildman–Crippen MR) is 118 cm³/mol. The Balaban J connectivity index is 1.44. The third-order valence-corrected chi connectivity index (χ3v) is 4.84. The standard InChI is InChI=1S/C24H21N3O2/c1-16(26-20-12-10-17-6-2-3-8-19(17)14-20)24(29)27-25-15-22-21-9-5-4-7-18(21)11-13-23(22)28/h2-16,26,28H,1H3,(H,27,29)/b25-15+. The molecule has 0 aromatic heterocycles. The smallest absolute Gasteiger partial charge is 0.262 e. The van der Waals surface area contributed by atoms with Crippen LogP contribution in [0, 0.1) is 0 Å². The van der Waals surface area contributed by atoms with Gasteiger partial charge in [0.05, 0.1) is 6.21 Å². The Morgan fingerprint density at radius 2 is 1.62 bits per heavy atom. The van der Waals surface area contributed by atoms with Gasteiger partial charge in [-0.3, -0.25) is 4.79 Å². The lowest BCUT2D eigenvalue weighted by molar-refractivity contribution is -0.121. The first kappa shape index (κ1) is 18.5. The van der Waals surface area contributed by atoms with Gasteiger partial charge in [-0.05, 0) is 46.7 Å². The molecule has 5 heteroatoms. The largest absolute Gasteiger partial charge is 0.507 e. The molecule has 0 saturated heterocycles. The maximum absolute atomic E-state index is 12.4. The molecule has 0 spiro atoms. The van der Waals surface area contributed by atoms with E-state index in [1.165, 1.54) is 6.21 Å². The highest BCUT2D eigenvalue weighted by molar-refractivity contribution is 6.02. The van der Waals surface area contributed by atoms with Crippen LogP contribution < -0.4 is 10.7 Å². The number of carbonyl (C=O) groups excluding carboxylic acids is 1. The van der Waals surface area contributed by atoms with Crippen LogP contribution in [0.15, 0.2) is 84.0 Å². The number of benzene rings is 4. The van der Waals surface area contributed by atoms with E-state index in [0.717, 1.165) is 27.2 Å². The van der Waals surface area contributed by atoms with Crippen LogP contribution in [0.5, 0.6) is 5.75 Å². The minimum Gasteiger partial charge on any atom is -0.507 e. The lowest BCUT2D eigenvalue weighted by atomic mass is 10.0. The van der Waals surface area contributed by atoms with Gasteiger partial charge in [-0.15, -0.1) is 0 Å². The number of phenols is 1. The van der Waals surface area contributed by atoms with Crippen LogP contribution in [0.3, 0.4) is 0 Å². The molecule has 5 nitrogen and oxygen atoms in total. The fourth-order valence-electron chi connectivity index (χ4n) is 3.27. The van der Waals surface area contributed by atoms with Gasteiger partial charge in [0, 0.05) is 11.3 Å². The summed E-state index contributed by atoms with van der Waals surface area (Å²) in [4.78, 5) is 12.4. The topological polar surface area (TPSA) is 73.7 Å². The quantitative estimate of drug-likeness (QED) is 0.347. The second-order valence-corrected chi connectivity index (χ2v) is 6.88. The average molecular weight is 383 g/mol. The van der Waals surface area contributed by atoms with E-state index in [0.29, 0.717) is 5.56 Å². The summed E-state index contributed by atoms with van der Waals surface area (Å²) in [6.45, 7) is 1.77. The molecule has 0 saturated carbocycles. The van der Waals surface area contributed by atoms with E-state index >= 15 is 0 Å². The van der Waals surface area contributed by atoms with E-state index in [1.54, 1.807) is 13.0 Å². The molecule has 0 aliphatic heterocycles. The first-order valence-corrected chi connectivity index (χ1v) is 9.41. The summed E-state index contributed by atoms with van der Waals surface area (Å²) in [6.07, 6.45) is 1.47. The number of fused-ring (bicyclic) bond motifs is 2. The maximum Gasteiger partial charge on any atom is 0.262 e. The van der Waals surface area contributed by atoms with Crippen LogP contribution in [0.25, 0.3) is 21.5 Å². The van der Waals surface area contributed by atoms with Crippen molar-refractivity contribution < 1.29 is 9.90 Å². The third kappa shape index (κ3) is 4.04. The number of amides is 1. The van der Waals surface area contributed by atoms with Gasteiger partial charge < -0.3 is 10.4 Å². The van der Waals surface area contributed by atoms with Crippen molar-refractivity contribution in [3.8, 4) is 5.75 Å². The SMILES string of the molecule is CC(Nc1ccc2ccccc2c1)C(=O)N/N=C/c1c(O)ccc2ccccc12. The number of aromatic hydroxyl groups is 1. The first-order chi connectivity index (χ1) is 14.1. The van der Waals surface area contributed by atoms with Crippen LogP contribution >= 0.6 is 0 Å². The van der Waals surface area contributed by atoms with Crippen molar-refractivity contribution in [1.82, 2.24) is 5.43 Å². The predicted octanol–water partition coefficient (Wildman–Crippen LogP) is 4.65. The van der Waals surface area contributed by atoms with Gasteiger partial charge >= 0.3 is 0 Å². The van der Waals surface area contributed by atoms with Crippen molar-refractivity contribution in [2.24, 2.45) is 5.10 Å². The highest BCUT2D eigenvalue weighted by Gasteiger charge is 2.12. The second kappa shape index (κ2) is 8.02. The number of hydrogen-bond donors (Lipinski definition) is 3. The monoisotopic (exact) mass is 383 g/mol. The van der Waals surface area contributed by atoms with E-state index in [1.807, 2.05) is 72.8 Å². The normalized spacial score (nSPS) is 12.3. The van der Waals surface area contributed by atoms with E-state index in [9.17, 15) is 9.90 Å². The molecule has 0 aliphatic carbocycles. The fourth-order valence-corrected chi connectivity index (χ4v) is 3.27. The van der Waals surface area contributed by atoms with E-state index in [2.05, 4.69) is 15.8 Å². The highest BCUT2D eigenvalue weighted by atomic mass is 16.3. The molecule has 0 heterocycles. The van der Waals surface area contributed by atoms with E-state index in [-0.39, 0.29) is 11.7 Å². The van der Waals surface area contributed by atoms with Crippen molar-refractivity contribution >= 4 is 39.4 Å². The van der Waals surface area contributed by atoms with Crippen molar-refractivity contribution in [1.29, 1.82) is 0 Å². The summed E-state index contributed by atoms with van der Waals surface area (Å²) in [5.74, 6) is -0.154. The molecule has 29 heavy (non-hydrogen) atoms. The van der Waals surface area contributed by atoms with Gasteiger partial charge in [0.1, 0.15) is 11.8 Å². The molecule has 0 radical (unpaired) electrons. The number of nitrogens with zero attached hydrogens (tertiary/aromatic N) is 1. The molecule has 1 atom stereocenters. The number of rotatable bonds is 5. The Bertz CT molecular complexity index is 1220. The molecule has 0 fully saturated rings. The van der Waals surface area contributed by atoms with Gasteiger partial charge in [0.2, 0.25) is 0 Å². The Labute approximate surface area is 168 Å². The van der Waals surface area contributed by atoms with E-state index in [4.69, 9.17) is 0 Å². The maximum atomic E-state index is 12.4. The van der Waals surface area contributed by atoms with Gasteiger partial charge in [0.15, 0.2) is 0 Å². The lowest BCUT2D eigenvalue weighted by Gasteiger charge is -2.14. The van der Waals surface area contributed by atoms with Crippen LogP contribution in [0.1, 0.15) is 12.5 Å². The minimum absolute atomic E-state index is 0.115. The van der Waals surface area contributed by atoms with Crippen molar-refractivity contribution in [3.63, 3.8) is 0 Å². The number of carbonyl (C=O) groups is 1. The molecule has 1 amide bonds. The molecule has 144 valence electrons. The summed E-state index contributed by atoms with van der Waals surface area (Å²) >= 11 is 0. The molecular formula is C24H21N3O2. The number of phenolic OH excluding ortho intramolecular Hbond substituents is 1. The summed E-state index contributed by atoms with van der Waals surface area (Å²) in [5.41, 5.74) is 3.97. The average Bonchev–Trinajstić information content (AvgIpc) is 2.75. The Morgan fingerprint density at radius 3 is 2.45 bits per heavy atom. The van der Waals surface area contributed by atoms with Crippen LogP contribution in [0.2, 0.25) is 0 Å². The summed E-state index contributed by atoms with van der Waals surface area (Å²) in [6, 6.07) is 24.7. The van der Waals surface area contributed by atoms with Crippen molar-refractivity contribution in [3.05, 3.63) is 84.4 Å². The molecule has 1 unspecified atom stereocenters. The summed E-state index contributed by atoms with van der Waals surface area (Å²) < 4.78 is 0. The fraction of sp³-hybridized carbons (Fsp3) is 0.0833. The lowest BCUT2D eigenvalue weighted by Crippen LogP contribution is -2.34. The number of nitrogens with one attached hydrogen (secondary N) is 2. The second-order valence-electron chi connectivity index (χ2n) is 6.88. The third-order valence-electron chi connectivity index (χ3n) is 4.84. The van der Waals surface area contributed by atoms with E-state index < -0.39 is 6.04 Å². The van der Waals surface area contributed by atoms with Gasteiger partial charge in [0.25, 0.3) is 5.91 Å². The van der Waals surface area contributed by atoms with Crippen LogP contribution in [0.4, 0.5) is 5.69 Å². The molecule has 4 aromatic rings. The summed E-state index contributed by atoms with van der Waals surface area (Å²) in [5, 5.41) is 21.5. The summed E-state index contributed by atoms with van der Waals surface area (Å²) in [7, 11) is 0. The van der Waals surface area contributed by atoms with Crippen molar-refractivity contribution in [2.45, 2.75) is 13.0 Å². The van der Waals surface area contributed by atoms with Gasteiger partial charge in [-0.1, -0.05) is 60.7 Å². The van der Waals surface area contributed by atoms with Gasteiger partial charge in [-0.25, -0.2) is 5.43 Å². The molecule has 4 aromatic carbocycles. The number of hydrazone groups is 1. The minimum atomic E-state index is -0.477. The Morgan fingerprint density at radius 1 is 0.931 bits per heavy atom. The number of hydrogen-bond acceptors (Lipinski definition) is 4. The van der Waals surface area contributed by atoms with Crippen LogP contribution in [-0.2, 0) is 4.79 Å². The Hall–Kier alpha value is -3.86. The molecular weight excluding hydrogens is 362 g/mol. The zero-order valence-corrected chi connectivity index (χ0v) is 16.0. The molecule has 0 bridgehead atoms. The Kier molecular flexibility index (Phi) is 5.12. The molecule has 0 aliphatic rings. The zero-order valence-electron chi connectivity index (χ0n) is 16.0. The first-order valence-electron chi connectivity index (χ1n) is 9.41. The molecule has 4 rings (SSSR count). The highest BCUT2D eigenvalue weighted by Crippen LogP contribution is 2.25. The molecule has 3 N–H and O–H groups in total. The van der Waals surface area contributed by atoms with Crippen molar-refractivity contribution in [2.75, 3.05) is 5.32 Å². The van der Waals surface area contributed by atoms with Gasteiger partial charge in [-0.2, -0.15) is 5.10 Å².